The minimum Gasteiger partial charge on any atom is -0.389 e. The largest absolute Gasteiger partial charge is 0.389 e. The molecule has 0 amide bonds. The molecule has 92 valence electrons. The number of aromatic nitrogens is 2. The summed E-state index contributed by atoms with van der Waals surface area (Å²) in [7, 11) is 0. The maximum absolute atomic E-state index is 5.67. The smallest absolute Gasteiger partial charge is 0.139 e. The van der Waals surface area contributed by atoms with E-state index in [0.29, 0.717) is 16.9 Å². The zero-order valence-electron chi connectivity index (χ0n) is 10.0. The predicted octanol–water partition coefficient (Wildman–Crippen LogP) is 2.10. The summed E-state index contributed by atoms with van der Waals surface area (Å²) in [6, 6.07) is 0.465. The highest BCUT2D eigenvalue weighted by Gasteiger charge is 2.22. The van der Waals surface area contributed by atoms with Crippen molar-refractivity contribution in [2.45, 2.75) is 38.6 Å². The fourth-order valence-corrected chi connectivity index (χ4v) is 2.48. The van der Waals surface area contributed by atoms with Gasteiger partial charge in [0.2, 0.25) is 0 Å². The number of rotatable bonds is 3. The third kappa shape index (κ3) is 2.91. The van der Waals surface area contributed by atoms with Gasteiger partial charge >= 0.3 is 0 Å². The van der Waals surface area contributed by atoms with Gasteiger partial charge in [-0.25, -0.2) is 9.97 Å². The molecule has 1 aliphatic rings. The summed E-state index contributed by atoms with van der Waals surface area (Å²) >= 11 is 5.00. The van der Waals surface area contributed by atoms with Gasteiger partial charge < -0.3 is 11.1 Å². The Morgan fingerprint density at radius 2 is 2.24 bits per heavy atom. The van der Waals surface area contributed by atoms with Crippen molar-refractivity contribution in [3.05, 3.63) is 18.1 Å². The van der Waals surface area contributed by atoms with E-state index in [-0.39, 0.29) is 0 Å². The Labute approximate surface area is 107 Å². The van der Waals surface area contributed by atoms with Crippen LogP contribution in [0.2, 0.25) is 0 Å². The molecule has 0 spiro atoms. The van der Waals surface area contributed by atoms with E-state index in [1.807, 2.05) is 0 Å². The van der Waals surface area contributed by atoms with Gasteiger partial charge in [0.05, 0.1) is 5.56 Å². The fraction of sp³-hybridized carbons (Fsp3) is 0.583. The molecule has 1 aromatic heterocycles. The molecule has 1 fully saturated rings. The van der Waals surface area contributed by atoms with Gasteiger partial charge in [-0.05, 0) is 18.8 Å². The molecular formula is C12H18N4S. The summed E-state index contributed by atoms with van der Waals surface area (Å²) in [5, 5.41) is 3.46. The first-order chi connectivity index (χ1) is 8.18. The van der Waals surface area contributed by atoms with E-state index in [4.69, 9.17) is 18.0 Å². The van der Waals surface area contributed by atoms with Crippen LogP contribution in [-0.4, -0.2) is 21.0 Å². The molecule has 1 saturated carbocycles. The van der Waals surface area contributed by atoms with Crippen molar-refractivity contribution in [3.8, 4) is 0 Å². The van der Waals surface area contributed by atoms with Crippen LogP contribution in [0.25, 0.3) is 0 Å². The number of hydrogen-bond donors (Lipinski definition) is 2. The van der Waals surface area contributed by atoms with Crippen LogP contribution in [0.4, 0.5) is 5.82 Å². The van der Waals surface area contributed by atoms with Crippen LogP contribution >= 0.6 is 12.2 Å². The Kier molecular flexibility index (Phi) is 3.89. The molecule has 0 bridgehead atoms. The zero-order valence-corrected chi connectivity index (χ0v) is 10.8. The number of nitrogens with zero attached hydrogens (tertiary/aromatic N) is 2. The second-order valence-corrected chi connectivity index (χ2v) is 5.10. The minimum absolute atomic E-state index is 0.344. The Bertz CT molecular complexity index is 407. The highest BCUT2D eigenvalue weighted by Crippen LogP contribution is 2.26. The molecule has 2 unspecified atom stereocenters. The van der Waals surface area contributed by atoms with Crippen molar-refractivity contribution in [1.82, 2.24) is 9.97 Å². The number of nitrogens with two attached hydrogens (primary N) is 1. The molecule has 0 aliphatic heterocycles. The molecule has 1 aliphatic carbocycles. The summed E-state index contributed by atoms with van der Waals surface area (Å²) < 4.78 is 0. The first kappa shape index (κ1) is 12.2. The number of hydrogen-bond acceptors (Lipinski definition) is 4. The van der Waals surface area contributed by atoms with Crippen LogP contribution in [0.15, 0.2) is 12.5 Å². The van der Waals surface area contributed by atoms with Crippen molar-refractivity contribution in [2.75, 3.05) is 5.32 Å². The zero-order chi connectivity index (χ0) is 12.3. The summed E-state index contributed by atoms with van der Waals surface area (Å²) in [4.78, 5) is 8.54. The Hall–Kier alpha value is -1.23. The molecular weight excluding hydrogens is 232 g/mol. The lowest BCUT2D eigenvalue weighted by molar-refractivity contribution is 0.349. The topological polar surface area (TPSA) is 63.8 Å². The maximum Gasteiger partial charge on any atom is 0.139 e. The summed E-state index contributed by atoms with van der Waals surface area (Å²) in [6.45, 7) is 2.28. The van der Waals surface area contributed by atoms with Crippen LogP contribution in [0.5, 0.6) is 0 Å². The van der Waals surface area contributed by atoms with E-state index in [1.165, 1.54) is 32.0 Å². The van der Waals surface area contributed by atoms with Crippen molar-refractivity contribution >= 4 is 23.0 Å². The average Bonchev–Trinajstić information content (AvgIpc) is 2.32. The number of nitrogens with one attached hydrogen (secondary N) is 1. The van der Waals surface area contributed by atoms with Gasteiger partial charge in [0.15, 0.2) is 0 Å². The van der Waals surface area contributed by atoms with E-state index in [2.05, 4.69) is 22.2 Å². The van der Waals surface area contributed by atoms with Crippen molar-refractivity contribution in [3.63, 3.8) is 0 Å². The quantitative estimate of drug-likeness (QED) is 0.804. The number of anilines is 1. The molecule has 1 heterocycles. The van der Waals surface area contributed by atoms with Gasteiger partial charge in [0.1, 0.15) is 17.1 Å². The van der Waals surface area contributed by atoms with E-state index >= 15 is 0 Å². The predicted molar refractivity (Wildman–Crippen MR) is 73.0 cm³/mol. The molecule has 2 atom stereocenters. The van der Waals surface area contributed by atoms with Gasteiger partial charge in [0, 0.05) is 12.2 Å². The van der Waals surface area contributed by atoms with E-state index in [1.54, 1.807) is 6.20 Å². The normalized spacial score (nSPS) is 24.3. The third-order valence-corrected chi connectivity index (χ3v) is 3.63. The van der Waals surface area contributed by atoms with Gasteiger partial charge in [-0.2, -0.15) is 0 Å². The minimum atomic E-state index is 0.344. The van der Waals surface area contributed by atoms with Crippen molar-refractivity contribution in [1.29, 1.82) is 0 Å². The SMILES string of the molecule is CC1CCCCC1Nc1ncncc1C(N)=S. The number of thiocarbonyl (C=S) groups is 1. The standard InChI is InChI=1S/C12H18N4S/c1-8-4-2-3-5-10(8)16-12-9(11(13)17)6-14-7-15-12/h6-8,10H,2-5H2,1H3,(H2,13,17)(H,14,15,16). The molecule has 5 heteroatoms. The van der Waals surface area contributed by atoms with Gasteiger partial charge in [-0.15, -0.1) is 0 Å². The van der Waals surface area contributed by atoms with Crippen LogP contribution in [0.3, 0.4) is 0 Å². The van der Waals surface area contributed by atoms with Crippen LogP contribution in [0.1, 0.15) is 38.2 Å². The summed E-state index contributed by atoms with van der Waals surface area (Å²) in [5.74, 6) is 1.43. The highest BCUT2D eigenvalue weighted by molar-refractivity contribution is 7.80. The molecule has 0 radical (unpaired) electrons. The highest BCUT2D eigenvalue weighted by atomic mass is 32.1. The molecule has 2 rings (SSSR count). The first-order valence-electron chi connectivity index (χ1n) is 6.05. The second-order valence-electron chi connectivity index (χ2n) is 4.66. The van der Waals surface area contributed by atoms with E-state index in [9.17, 15) is 0 Å². The van der Waals surface area contributed by atoms with Crippen LogP contribution in [0, 0.1) is 5.92 Å². The molecule has 17 heavy (non-hydrogen) atoms. The summed E-state index contributed by atoms with van der Waals surface area (Å²) in [5.41, 5.74) is 6.40. The Balaban J connectivity index is 2.14. The monoisotopic (exact) mass is 250 g/mol. The Morgan fingerprint density at radius 3 is 2.94 bits per heavy atom. The van der Waals surface area contributed by atoms with Crippen LogP contribution < -0.4 is 11.1 Å². The van der Waals surface area contributed by atoms with Crippen LogP contribution in [-0.2, 0) is 0 Å². The van der Waals surface area contributed by atoms with Gasteiger partial charge in [0.25, 0.3) is 0 Å². The third-order valence-electron chi connectivity index (χ3n) is 3.41. The van der Waals surface area contributed by atoms with E-state index < -0.39 is 0 Å². The van der Waals surface area contributed by atoms with Gasteiger partial charge in [-0.1, -0.05) is 32.0 Å². The molecule has 0 saturated heterocycles. The average molecular weight is 250 g/mol. The van der Waals surface area contributed by atoms with E-state index in [0.717, 1.165) is 11.4 Å². The second kappa shape index (κ2) is 5.40. The summed E-state index contributed by atoms with van der Waals surface area (Å²) in [6.07, 6.45) is 8.25. The lowest BCUT2D eigenvalue weighted by Gasteiger charge is -2.30. The molecule has 1 aromatic rings. The van der Waals surface area contributed by atoms with Crippen molar-refractivity contribution < 1.29 is 0 Å². The maximum atomic E-state index is 5.67. The van der Waals surface area contributed by atoms with Gasteiger partial charge in [-0.3, -0.25) is 0 Å². The molecule has 0 aromatic carbocycles. The molecule has 4 nitrogen and oxygen atoms in total. The first-order valence-corrected chi connectivity index (χ1v) is 6.45. The lowest BCUT2D eigenvalue weighted by atomic mass is 9.86. The van der Waals surface area contributed by atoms with Crippen molar-refractivity contribution in [2.24, 2.45) is 11.7 Å². The lowest BCUT2D eigenvalue weighted by Crippen LogP contribution is -2.31. The Morgan fingerprint density at radius 1 is 1.47 bits per heavy atom. The molecule has 3 N–H and O–H groups in total. The fourth-order valence-electron chi connectivity index (χ4n) is 2.33.